The monoisotopic (exact) mass is 221 g/mol. The van der Waals surface area contributed by atoms with Crippen LogP contribution in [0.5, 0.6) is 0 Å². The first-order valence-electron chi connectivity index (χ1n) is 5.77. The lowest BCUT2D eigenvalue weighted by Gasteiger charge is -2.36. The lowest BCUT2D eigenvalue weighted by molar-refractivity contribution is -0.0304. The molecule has 0 saturated heterocycles. The van der Waals surface area contributed by atoms with Gasteiger partial charge < -0.3 is 10.4 Å². The van der Waals surface area contributed by atoms with Crippen LogP contribution in [0.2, 0.25) is 0 Å². The summed E-state index contributed by atoms with van der Waals surface area (Å²) >= 11 is 0. The van der Waals surface area contributed by atoms with Gasteiger partial charge in [0.15, 0.2) is 0 Å². The third-order valence-corrected chi connectivity index (χ3v) is 3.76. The molecular formula is C12H19N3O. The lowest BCUT2D eigenvalue weighted by atomic mass is 9.78. The Balaban J connectivity index is 2.00. The summed E-state index contributed by atoms with van der Waals surface area (Å²) in [5, 5.41) is 13.7. The number of aromatic nitrogens is 2. The third kappa shape index (κ3) is 2.02. The van der Waals surface area contributed by atoms with E-state index in [9.17, 15) is 5.11 Å². The van der Waals surface area contributed by atoms with Crippen molar-refractivity contribution >= 4 is 5.95 Å². The first-order valence-corrected chi connectivity index (χ1v) is 5.77. The molecule has 1 aromatic rings. The molecule has 1 heterocycles. The predicted molar refractivity (Wildman–Crippen MR) is 63.1 cm³/mol. The van der Waals surface area contributed by atoms with E-state index in [2.05, 4.69) is 29.1 Å². The minimum atomic E-state index is -0.647. The molecule has 0 spiro atoms. The Morgan fingerprint density at radius 3 is 2.56 bits per heavy atom. The average Bonchev–Trinajstić information content (AvgIpc) is 2.53. The molecule has 1 fully saturated rings. The second-order valence-electron chi connectivity index (χ2n) is 5.19. The van der Waals surface area contributed by atoms with Crippen molar-refractivity contribution in [1.29, 1.82) is 0 Å². The minimum absolute atomic E-state index is 0.0330. The van der Waals surface area contributed by atoms with Crippen molar-refractivity contribution in [2.45, 2.75) is 38.7 Å². The van der Waals surface area contributed by atoms with Crippen LogP contribution in [0.25, 0.3) is 0 Å². The summed E-state index contributed by atoms with van der Waals surface area (Å²) in [5.74, 6) is 0.582. The van der Waals surface area contributed by atoms with Gasteiger partial charge in [-0.25, -0.2) is 9.97 Å². The highest BCUT2D eigenvalue weighted by molar-refractivity contribution is 5.24. The third-order valence-electron chi connectivity index (χ3n) is 3.76. The van der Waals surface area contributed by atoms with Crippen molar-refractivity contribution < 1.29 is 5.11 Å². The normalized spacial score (nSPS) is 27.9. The van der Waals surface area contributed by atoms with Crippen LogP contribution in [0, 0.1) is 5.41 Å². The van der Waals surface area contributed by atoms with Gasteiger partial charge in [-0.1, -0.05) is 13.8 Å². The van der Waals surface area contributed by atoms with Gasteiger partial charge in [0, 0.05) is 18.9 Å². The van der Waals surface area contributed by atoms with Crippen LogP contribution in [0.4, 0.5) is 5.95 Å². The molecule has 0 amide bonds. The molecule has 0 radical (unpaired) electrons. The molecule has 4 nitrogen and oxygen atoms in total. The van der Waals surface area contributed by atoms with E-state index in [1.54, 1.807) is 18.5 Å². The van der Waals surface area contributed by atoms with Crippen LogP contribution in [0.1, 0.15) is 33.1 Å². The van der Waals surface area contributed by atoms with E-state index in [0.717, 1.165) is 19.3 Å². The number of nitrogens with zero attached hydrogens (tertiary/aromatic N) is 2. The minimum Gasteiger partial charge on any atom is -0.387 e. The summed E-state index contributed by atoms with van der Waals surface area (Å²) in [6.45, 7) is 4.76. The van der Waals surface area contributed by atoms with Gasteiger partial charge in [0.05, 0.1) is 5.60 Å². The number of hydrogen-bond donors (Lipinski definition) is 2. The van der Waals surface area contributed by atoms with Gasteiger partial charge in [-0.05, 0) is 30.7 Å². The summed E-state index contributed by atoms with van der Waals surface area (Å²) in [6, 6.07) is 1.78. The fourth-order valence-electron chi connectivity index (χ4n) is 2.34. The molecule has 1 aliphatic carbocycles. The van der Waals surface area contributed by atoms with Crippen molar-refractivity contribution in [1.82, 2.24) is 9.97 Å². The van der Waals surface area contributed by atoms with Gasteiger partial charge in [0.2, 0.25) is 5.95 Å². The zero-order valence-corrected chi connectivity index (χ0v) is 9.90. The van der Waals surface area contributed by atoms with Gasteiger partial charge in [0.25, 0.3) is 0 Å². The van der Waals surface area contributed by atoms with E-state index in [0.29, 0.717) is 12.5 Å². The molecule has 2 N–H and O–H groups in total. The second kappa shape index (κ2) is 4.01. The van der Waals surface area contributed by atoms with E-state index < -0.39 is 5.60 Å². The Labute approximate surface area is 96.1 Å². The Bertz CT molecular complexity index is 353. The number of hydrogen-bond acceptors (Lipinski definition) is 4. The molecule has 4 heteroatoms. The maximum Gasteiger partial charge on any atom is 0.222 e. The Morgan fingerprint density at radius 1 is 1.31 bits per heavy atom. The van der Waals surface area contributed by atoms with Crippen LogP contribution in [-0.2, 0) is 0 Å². The zero-order valence-electron chi connectivity index (χ0n) is 9.90. The summed E-state index contributed by atoms with van der Waals surface area (Å²) in [7, 11) is 0. The van der Waals surface area contributed by atoms with Gasteiger partial charge in [0.1, 0.15) is 0 Å². The van der Waals surface area contributed by atoms with E-state index in [4.69, 9.17) is 0 Å². The van der Waals surface area contributed by atoms with Gasteiger partial charge in [-0.3, -0.25) is 0 Å². The Hall–Kier alpha value is -1.16. The number of aliphatic hydroxyl groups is 1. The largest absolute Gasteiger partial charge is 0.387 e. The van der Waals surface area contributed by atoms with Crippen LogP contribution >= 0.6 is 0 Å². The van der Waals surface area contributed by atoms with E-state index >= 15 is 0 Å². The average molecular weight is 221 g/mol. The molecule has 16 heavy (non-hydrogen) atoms. The number of rotatable bonds is 3. The van der Waals surface area contributed by atoms with Crippen molar-refractivity contribution in [3.8, 4) is 0 Å². The highest BCUT2D eigenvalue weighted by Gasteiger charge is 2.47. The summed E-state index contributed by atoms with van der Waals surface area (Å²) in [5.41, 5.74) is -0.680. The van der Waals surface area contributed by atoms with E-state index in [1.165, 1.54) is 0 Å². The van der Waals surface area contributed by atoms with Gasteiger partial charge >= 0.3 is 0 Å². The maximum absolute atomic E-state index is 10.6. The molecule has 1 atom stereocenters. The predicted octanol–water partition coefficient (Wildman–Crippen LogP) is 1.83. The van der Waals surface area contributed by atoms with E-state index in [1.807, 2.05) is 0 Å². The van der Waals surface area contributed by atoms with Crippen molar-refractivity contribution in [3.63, 3.8) is 0 Å². The van der Waals surface area contributed by atoms with Crippen molar-refractivity contribution in [3.05, 3.63) is 18.5 Å². The maximum atomic E-state index is 10.6. The standard InChI is InChI=1S/C12H19N3O/c1-11(2)5-3-6-12(11,16)9-15-10-13-7-4-8-14-10/h4,7-8,16H,3,5-6,9H2,1-2H3,(H,13,14,15). The smallest absolute Gasteiger partial charge is 0.222 e. The van der Waals surface area contributed by atoms with Crippen molar-refractivity contribution in [2.75, 3.05) is 11.9 Å². The van der Waals surface area contributed by atoms with Gasteiger partial charge in [-0.15, -0.1) is 0 Å². The zero-order chi connectivity index (χ0) is 11.6. The number of nitrogens with one attached hydrogen (secondary N) is 1. The Morgan fingerprint density at radius 2 is 2.00 bits per heavy atom. The van der Waals surface area contributed by atoms with E-state index in [-0.39, 0.29) is 5.41 Å². The first kappa shape index (κ1) is 11.3. The molecule has 1 aromatic heterocycles. The molecule has 88 valence electrons. The van der Waals surface area contributed by atoms with Crippen LogP contribution in [0.3, 0.4) is 0 Å². The lowest BCUT2D eigenvalue weighted by Crippen LogP contribution is -2.46. The molecule has 1 unspecified atom stereocenters. The SMILES string of the molecule is CC1(C)CCCC1(O)CNc1ncccn1. The molecule has 0 aliphatic heterocycles. The first-order chi connectivity index (χ1) is 7.54. The molecule has 2 rings (SSSR count). The highest BCUT2D eigenvalue weighted by atomic mass is 16.3. The topological polar surface area (TPSA) is 58.0 Å². The van der Waals surface area contributed by atoms with Gasteiger partial charge in [-0.2, -0.15) is 0 Å². The highest BCUT2D eigenvalue weighted by Crippen LogP contribution is 2.45. The molecule has 1 saturated carbocycles. The number of anilines is 1. The molecule has 0 aromatic carbocycles. The molecule has 0 bridgehead atoms. The molecule has 1 aliphatic rings. The summed E-state index contributed by atoms with van der Waals surface area (Å²) < 4.78 is 0. The van der Waals surface area contributed by atoms with Crippen LogP contribution in [-0.4, -0.2) is 27.2 Å². The molecular weight excluding hydrogens is 202 g/mol. The quantitative estimate of drug-likeness (QED) is 0.817. The fraction of sp³-hybridized carbons (Fsp3) is 0.667. The summed E-state index contributed by atoms with van der Waals surface area (Å²) in [4.78, 5) is 8.17. The Kier molecular flexibility index (Phi) is 2.84. The second-order valence-corrected chi connectivity index (χ2v) is 5.19. The summed E-state index contributed by atoms with van der Waals surface area (Å²) in [6.07, 6.45) is 6.39. The fourth-order valence-corrected chi connectivity index (χ4v) is 2.34. The van der Waals surface area contributed by atoms with Crippen LogP contribution < -0.4 is 5.32 Å². The van der Waals surface area contributed by atoms with Crippen molar-refractivity contribution in [2.24, 2.45) is 5.41 Å². The van der Waals surface area contributed by atoms with Crippen LogP contribution in [0.15, 0.2) is 18.5 Å².